The van der Waals surface area contributed by atoms with E-state index in [1.165, 1.54) is 17.0 Å². The fourth-order valence-corrected chi connectivity index (χ4v) is 5.73. The smallest absolute Gasteiger partial charge is 0.225 e. The van der Waals surface area contributed by atoms with Gasteiger partial charge < -0.3 is 14.1 Å². The van der Waals surface area contributed by atoms with Gasteiger partial charge in [0.2, 0.25) is 5.71 Å². The van der Waals surface area contributed by atoms with Crippen LogP contribution in [0, 0.1) is 24.9 Å². The van der Waals surface area contributed by atoms with Gasteiger partial charge in [-0.05, 0) is 66.5 Å². The van der Waals surface area contributed by atoms with Crippen molar-refractivity contribution in [2.75, 3.05) is 0 Å². The van der Waals surface area contributed by atoms with Crippen LogP contribution < -0.4 is 4.57 Å². The topological polar surface area (TPSA) is 67.2 Å². The summed E-state index contributed by atoms with van der Waals surface area (Å²) >= 11 is 0. The van der Waals surface area contributed by atoms with Gasteiger partial charge in [-0.1, -0.05) is 77.6 Å². The standard InChI is InChI=1S/C27H23N2O.C13H24O2.Ir/c1-27(2,3)24-15-21(13-19-7-5-6-8-23(19)24)25-16-18(9-11-29(25)4)22-14-20-10-12-30-26(20)28-17-22;1-5-10(6-2)12(14)9-13(15)11(7-3)8-4;/h5-12,14-17H,4H2,1-3H3;9-11,14H,5-8H2,1-4H3;/q-1;;/b;12-9-;. The molecule has 0 aliphatic carbocycles. The third kappa shape index (κ3) is 8.54. The van der Waals surface area contributed by atoms with Crippen LogP contribution in [0.5, 0.6) is 0 Å². The molecule has 0 saturated carbocycles. The van der Waals surface area contributed by atoms with Gasteiger partial charge in [0.15, 0.2) is 5.78 Å². The van der Waals surface area contributed by atoms with Gasteiger partial charge in [-0.15, -0.1) is 29.1 Å². The molecule has 6 heteroatoms. The quantitative estimate of drug-likeness (QED) is 0.0699. The van der Waals surface area contributed by atoms with E-state index in [1.54, 1.807) is 6.26 Å². The van der Waals surface area contributed by atoms with E-state index in [0.29, 0.717) is 5.71 Å². The van der Waals surface area contributed by atoms with Gasteiger partial charge in [-0.25, -0.2) is 4.98 Å². The van der Waals surface area contributed by atoms with Crippen LogP contribution in [-0.4, -0.2) is 15.9 Å². The zero-order valence-corrected chi connectivity index (χ0v) is 30.6. The summed E-state index contributed by atoms with van der Waals surface area (Å²) in [6.45, 7) is 14.8. The van der Waals surface area contributed by atoms with Crippen molar-refractivity contribution in [2.24, 2.45) is 11.8 Å². The number of carbonyl (C=O) groups is 1. The molecule has 0 spiro atoms. The van der Waals surface area contributed by atoms with Crippen LogP contribution in [-0.2, 0) is 30.3 Å². The largest absolute Gasteiger partial charge is 0.512 e. The zero-order chi connectivity index (χ0) is 32.7. The van der Waals surface area contributed by atoms with E-state index in [2.05, 4.69) is 87.4 Å². The van der Waals surface area contributed by atoms with E-state index >= 15 is 0 Å². The molecule has 2 aromatic carbocycles. The third-order valence-electron chi connectivity index (χ3n) is 8.62. The molecule has 1 radical (unpaired) electrons. The number of benzene rings is 2. The first-order valence-electron chi connectivity index (χ1n) is 16.1. The predicted molar refractivity (Wildman–Crippen MR) is 185 cm³/mol. The second-order valence-electron chi connectivity index (χ2n) is 12.7. The molecule has 0 amide bonds. The first kappa shape index (κ1) is 36.7. The molecule has 245 valence electrons. The Balaban J connectivity index is 0.000000309. The van der Waals surface area contributed by atoms with E-state index in [1.807, 2.05) is 50.7 Å². The second-order valence-corrected chi connectivity index (χ2v) is 12.7. The first-order valence-corrected chi connectivity index (χ1v) is 16.1. The van der Waals surface area contributed by atoms with Crippen molar-refractivity contribution in [1.82, 2.24) is 4.98 Å². The monoisotopic (exact) mass is 796 g/mol. The number of hydrogen-bond acceptors (Lipinski definition) is 4. The van der Waals surface area contributed by atoms with E-state index in [9.17, 15) is 9.90 Å². The molecule has 1 N–H and O–H groups in total. The second kappa shape index (κ2) is 16.2. The van der Waals surface area contributed by atoms with Crippen LogP contribution in [0.15, 0.2) is 89.5 Å². The molecule has 0 aliphatic rings. The number of carbonyl (C=O) groups excluding carboxylic acids is 1. The summed E-state index contributed by atoms with van der Waals surface area (Å²) in [7, 11) is 4.21. The van der Waals surface area contributed by atoms with Crippen molar-refractivity contribution in [1.29, 1.82) is 0 Å². The number of fused-ring (bicyclic) bond motifs is 2. The Labute approximate surface area is 288 Å². The summed E-state index contributed by atoms with van der Waals surface area (Å²) in [5.41, 5.74) is 6.15. The zero-order valence-electron chi connectivity index (χ0n) is 28.2. The molecule has 3 aromatic heterocycles. The summed E-state index contributed by atoms with van der Waals surface area (Å²) < 4.78 is 7.28. The van der Waals surface area contributed by atoms with Gasteiger partial charge in [-0.3, -0.25) is 4.79 Å². The van der Waals surface area contributed by atoms with Crippen LogP contribution in [0.25, 0.3) is 44.3 Å². The van der Waals surface area contributed by atoms with Crippen LogP contribution in [0.4, 0.5) is 0 Å². The molecule has 0 bridgehead atoms. The van der Waals surface area contributed by atoms with Crippen molar-refractivity contribution in [3.8, 4) is 22.4 Å². The Morgan fingerprint density at radius 3 is 2.30 bits per heavy atom. The number of aliphatic hydroxyl groups is 1. The fraction of sp³-hybridized carbons (Fsp3) is 0.350. The maximum Gasteiger partial charge on any atom is 0.225 e. The number of allylic oxidation sites excluding steroid dienone is 2. The molecular weight excluding hydrogens is 749 g/mol. The number of aromatic nitrogens is 2. The van der Waals surface area contributed by atoms with Crippen LogP contribution >= 0.6 is 0 Å². The Kier molecular flexibility index (Phi) is 12.9. The molecule has 0 saturated heterocycles. The molecule has 5 nitrogen and oxygen atoms in total. The number of pyridine rings is 2. The van der Waals surface area contributed by atoms with Crippen LogP contribution in [0.1, 0.15) is 79.7 Å². The average Bonchev–Trinajstić information content (AvgIpc) is 3.50. The Morgan fingerprint density at radius 2 is 1.65 bits per heavy atom. The Hall–Kier alpha value is -3.73. The fourth-order valence-electron chi connectivity index (χ4n) is 5.73. The minimum absolute atomic E-state index is 0. The molecular formula is C40H47IrN2O3-. The van der Waals surface area contributed by atoms with E-state index in [4.69, 9.17) is 4.42 Å². The number of aliphatic hydroxyl groups excluding tert-OH is 1. The summed E-state index contributed by atoms with van der Waals surface area (Å²) in [6.07, 6.45) is 10.4. The van der Waals surface area contributed by atoms with Crippen molar-refractivity contribution >= 4 is 27.7 Å². The average molecular weight is 796 g/mol. The van der Waals surface area contributed by atoms with E-state index in [-0.39, 0.29) is 48.9 Å². The number of ketones is 1. The SMILES string of the molecule is CCC(CC)C(=O)/C=C(\O)C(CC)CC.[CH2-][n+]1ccc(-c2cnc3occc3c2)cc1-c1[c-]c2ccccc2c(C(C)(C)C)c1.[Ir]. The number of hydrogen-bond donors (Lipinski definition) is 1. The summed E-state index contributed by atoms with van der Waals surface area (Å²) in [5, 5.41) is 13.1. The minimum Gasteiger partial charge on any atom is -0.512 e. The first-order chi connectivity index (χ1) is 21.5. The normalized spacial score (nSPS) is 11.9. The molecule has 0 fully saturated rings. The van der Waals surface area contributed by atoms with Gasteiger partial charge in [0, 0.05) is 56.6 Å². The van der Waals surface area contributed by atoms with Crippen LogP contribution in [0.2, 0.25) is 0 Å². The number of nitrogens with zero attached hydrogens (tertiary/aromatic N) is 2. The van der Waals surface area contributed by atoms with E-state index in [0.717, 1.165) is 58.8 Å². The van der Waals surface area contributed by atoms with Gasteiger partial charge >= 0.3 is 0 Å². The molecule has 5 rings (SSSR count). The summed E-state index contributed by atoms with van der Waals surface area (Å²) in [6, 6.07) is 22.6. The molecule has 0 atom stereocenters. The van der Waals surface area contributed by atoms with Gasteiger partial charge in [0.25, 0.3) is 0 Å². The van der Waals surface area contributed by atoms with Crippen LogP contribution in [0.3, 0.4) is 0 Å². The van der Waals surface area contributed by atoms with Crippen molar-refractivity contribution in [3.63, 3.8) is 0 Å². The third-order valence-corrected chi connectivity index (χ3v) is 8.62. The summed E-state index contributed by atoms with van der Waals surface area (Å²) in [5.74, 6) is 0.547. The maximum atomic E-state index is 11.7. The number of furan rings is 1. The van der Waals surface area contributed by atoms with Gasteiger partial charge in [-0.2, -0.15) is 0 Å². The maximum absolute atomic E-state index is 11.7. The van der Waals surface area contributed by atoms with Crippen molar-refractivity contribution < 1.29 is 39.0 Å². The van der Waals surface area contributed by atoms with Crippen molar-refractivity contribution in [3.05, 3.63) is 104 Å². The van der Waals surface area contributed by atoms with Gasteiger partial charge in [0.1, 0.15) is 5.69 Å². The Morgan fingerprint density at radius 1 is 0.978 bits per heavy atom. The molecule has 5 aromatic rings. The van der Waals surface area contributed by atoms with Crippen molar-refractivity contribution in [2.45, 2.75) is 79.6 Å². The molecule has 3 heterocycles. The molecule has 0 unspecified atom stereocenters. The molecule has 0 aliphatic heterocycles. The molecule has 46 heavy (non-hydrogen) atoms. The summed E-state index contributed by atoms with van der Waals surface area (Å²) in [4.78, 5) is 16.1. The predicted octanol–water partition coefficient (Wildman–Crippen LogP) is 10.2. The Bertz CT molecular complexity index is 1790. The van der Waals surface area contributed by atoms with Gasteiger partial charge in [0.05, 0.1) is 18.2 Å². The van der Waals surface area contributed by atoms with E-state index < -0.39 is 0 Å². The minimum atomic E-state index is 0. The number of rotatable bonds is 9.